The number of benzene rings is 2. The summed E-state index contributed by atoms with van der Waals surface area (Å²) < 4.78 is 5.75. The summed E-state index contributed by atoms with van der Waals surface area (Å²) >= 11 is 0. The summed E-state index contributed by atoms with van der Waals surface area (Å²) in [6, 6.07) is 18.1. The van der Waals surface area contributed by atoms with Gasteiger partial charge in [-0.05, 0) is 42.7 Å². The van der Waals surface area contributed by atoms with Crippen LogP contribution in [-0.2, 0) is 0 Å². The van der Waals surface area contributed by atoms with Crippen LogP contribution < -0.4 is 4.74 Å². The van der Waals surface area contributed by atoms with Crippen LogP contribution in [-0.4, -0.2) is 0 Å². The second-order valence-corrected chi connectivity index (χ2v) is 4.33. The molecule has 2 aromatic rings. The van der Waals surface area contributed by atoms with Crippen molar-refractivity contribution in [1.29, 1.82) is 0 Å². The maximum absolute atomic E-state index is 5.75. The maximum atomic E-state index is 5.75. The maximum Gasteiger partial charge on any atom is 0.127 e. The molecule has 2 aromatic carbocycles. The average molecular weight is 239 g/mol. The Hall–Kier alpha value is -1.76. The third-order valence-corrected chi connectivity index (χ3v) is 2.80. The molecule has 1 nitrogen and oxygen atoms in total. The van der Waals surface area contributed by atoms with E-state index in [1.807, 2.05) is 42.5 Å². The van der Waals surface area contributed by atoms with Crippen LogP contribution in [0.5, 0.6) is 11.5 Å². The second kappa shape index (κ2) is 6.85. The van der Waals surface area contributed by atoms with E-state index in [0.29, 0.717) is 0 Å². The van der Waals surface area contributed by atoms with Crippen molar-refractivity contribution < 1.29 is 4.74 Å². The topological polar surface area (TPSA) is 9.23 Å². The van der Waals surface area contributed by atoms with Gasteiger partial charge in [0.25, 0.3) is 0 Å². The second-order valence-electron chi connectivity index (χ2n) is 4.33. The van der Waals surface area contributed by atoms with E-state index in [4.69, 9.17) is 4.74 Å². The van der Waals surface area contributed by atoms with Crippen molar-refractivity contribution in [2.45, 2.75) is 26.2 Å². The van der Waals surface area contributed by atoms with E-state index in [2.05, 4.69) is 25.5 Å². The highest BCUT2D eigenvalue weighted by atomic mass is 16.5. The molecule has 0 aliphatic heterocycles. The van der Waals surface area contributed by atoms with Gasteiger partial charge in [0.05, 0.1) is 0 Å². The molecular formula is C17H19O. The normalized spacial score (nSPS) is 10.3. The van der Waals surface area contributed by atoms with Gasteiger partial charge in [-0.2, -0.15) is 0 Å². The van der Waals surface area contributed by atoms with Crippen LogP contribution in [0.25, 0.3) is 0 Å². The van der Waals surface area contributed by atoms with Gasteiger partial charge in [-0.3, -0.25) is 0 Å². The molecule has 0 saturated carbocycles. The number of hydrogen-bond donors (Lipinski definition) is 0. The molecule has 0 bridgehead atoms. The lowest BCUT2D eigenvalue weighted by Gasteiger charge is -2.06. The predicted octanol–water partition coefficient (Wildman–Crippen LogP) is 5.22. The lowest BCUT2D eigenvalue weighted by Crippen LogP contribution is -1.85. The van der Waals surface area contributed by atoms with Crippen molar-refractivity contribution in [1.82, 2.24) is 0 Å². The average Bonchev–Trinajstić information content (AvgIpc) is 2.42. The molecule has 18 heavy (non-hydrogen) atoms. The van der Waals surface area contributed by atoms with E-state index < -0.39 is 0 Å². The van der Waals surface area contributed by atoms with Crippen LogP contribution in [0.4, 0.5) is 0 Å². The summed E-state index contributed by atoms with van der Waals surface area (Å²) in [4.78, 5) is 0. The van der Waals surface area contributed by atoms with Gasteiger partial charge in [0.1, 0.15) is 11.5 Å². The summed E-state index contributed by atoms with van der Waals surface area (Å²) in [6.07, 6.45) is 5.92. The SMILES string of the molecule is CCCC[CH]c1ccc(Oc2ccccc2)cc1. The molecule has 0 amide bonds. The molecular weight excluding hydrogens is 220 g/mol. The molecule has 0 atom stereocenters. The fourth-order valence-electron chi connectivity index (χ4n) is 1.77. The van der Waals surface area contributed by atoms with E-state index in [1.54, 1.807) is 0 Å². The Kier molecular flexibility index (Phi) is 4.83. The molecule has 0 aromatic heterocycles. The molecule has 1 radical (unpaired) electrons. The number of unbranched alkanes of at least 4 members (excludes halogenated alkanes) is 2. The zero-order valence-corrected chi connectivity index (χ0v) is 10.8. The largest absolute Gasteiger partial charge is 0.457 e. The molecule has 0 aliphatic carbocycles. The van der Waals surface area contributed by atoms with E-state index in [1.165, 1.54) is 18.4 Å². The minimum atomic E-state index is 0.875. The van der Waals surface area contributed by atoms with Crippen molar-refractivity contribution >= 4 is 0 Å². The van der Waals surface area contributed by atoms with Crippen molar-refractivity contribution in [3.63, 3.8) is 0 Å². The number of para-hydroxylation sites is 1. The Labute approximate surface area is 109 Å². The van der Waals surface area contributed by atoms with Gasteiger partial charge >= 0.3 is 0 Å². The summed E-state index contributed by atoms with van der Waals surface area (Å²) in [5, 5.41) is 0. The molecule has 0 spiro atoms. The predicted molar refractivity (Wildman–Crippen MR) is 75.9 cm³/mol. The first-order chi connectivity index (χ1) is 8.88. The van der Waals surface area contributed by atoms with Gasteiger partial charge in [0.15, 0.2) is 0 Å². The van der Waals surface area contributed by atoms with Crippen molar-refractivity contribution in [2.75, 3.05) is 0 Å². The minimum Gasteiger partial charge on any atom is -0.457 e. The molecule has 0 saturated heterocycles. The highest BCUT2D eigenvalue weighted by Gasteiger charge is 1.97. The van der Waals surface area contributed by atoms with Gasteiger partial charge in [-0.25, -0.2) is 0 Å². The number of hydrogen-bond acceptors (Lipinski definition) is 1. The fourth-order valence-corrected chi connectivity index (χ4v) is 1.77. The summed E-state index contributed by atoms with van der Waals surface area (Å²) in [5.41, 5.74) is 1.27. The summed E-state index contributed by atoms with van der Waals surface area (Å²) in [7, 11) is 0. The summed E-state index contributed by atoms with van der Waals surface area (Å²) in [5.74, 6) is 1.76. The van der Waals surface area contributed by atoms with Gasteiger partial charge < -0.3 is 4.74 Å². The van der Waals surface area contributed by atoms with Crippen molar-refractivity contribution in [3.05, 3.63) is 66.6 Å². The molecule has 0 heterocycles. The van der Waals surface area contributed by atoms with E-state index >= 15 is 0 Å². The molecule has 0 aliphatic rings. The standard InChI is InChI=1S/C17H19O/c1-2-3-5-8-15-11-13-17(14-12-15)18-16-9-6-4-7-10-16/h4,6-14H,2-3,5H2,1H3. The van der Waals surface area contributed by atoms with Crippen LogP contribution in [0, 0.1) is 6.42 Å². The molecule has 1 heteroatoms. The van der Waals surface area contributed by atoms with Crippen LogP contribution in [0.1, 0.15) is 31.7 Å². The first kappa shape index (κ1) is 12.7. The third kappa shape index (κ3) is 3.92. The zero-order chi connectivity index (χ0) is 12.6. The quantitative estimate of drug-likeness (QED) is 0.628. The minimum absolute atomic E-state index is 0.875. The fraction of sp³-hybridized carbons (Fsp3) is 0.235. The molecule has 93 valence electrons. The smallest absolute Gasteiger partial charge is 0.127 e. The van der Waals surface area contributed by atoms with Crippen molar-refractivity contribution in [3.8, 4) is 11.5 Å². The first-order valence-corrected chi connectivity index (χ1v) is 6.54. The lowest BCUT2D eigenvalue weighted by atomic mass is 10.1. The van der Waals surface area contributed by atoms with E-state index in [0.717, 1.165) is 17.9 Å². The Morgan fingerprint density at radius 3 is 2.22 bits per heavy atom. The Bertz CT molecular complexity index is 445. The van der Waals surface area contributed by atoms with E-state index in [9.17, 15) is 0 Å². The van der Waals surface area contributed by atoms with Crippen molar-refractivity contribution in [2.24, 2.45) is 0 Å². The van der Waals surface area contributed by atoms with Gasteiger partial charge in [-0.1, -0.05) is 50.1 Å². The third-order valence-electron chi connectivity index (χ3n) is 2.80. The van der Waals surface area contributed by atoms with Gasteiger partial charge in [0.2, 0.25) is 0 Å². The Morgan fingerprint density at radius 2 is 1.56 bits per heavy atom. The highest BCUT2D eigenvalue weighted by molar-refractivity contribution is 5.34. The Morgan fingerprint density at radius 1 is 0.889 bits per heavy atom. The van der Waals surface area contributed by atoms with Gasteiger partial charge in [0, 0.05) is 0 Å². The molecule has 0 fully saturated rings. The highest BCUT2D eigenvalue weighted by Crippen LogP contribution is 2.22. The molecule has 0 N–H and O–H groups in total. The summed E-state index contributed by atoms with van der Waals surface area (Å²) in [6.45, 7) is 2.21. The van der Waals surface area contributed by atoms with Crippen LogP contribution >= 0.6 is 0 Å². The monoisotopic (exact) mass is 239 g/mol. The van der Waals surface area contributed by atoms with Gasteiger partial charge in [-0.15, -0.1) is 0 Å². The lowest BCUT2D eigenvalue weighted by molar-refractivity contribution is 0.482. The number of rotatable bonds is 6. The first-order valence-electron chi connectivity index (χ1n) is 6.54. The van der Waals surface area contributed by atoms with E-state index in [-0.39, 0.29) is 0 Å². The van der Waals surface area contributed by atoms with Crippen LogP contribution in [0.2, 0.25) is 0 Å². The van der Waals surface area contributed by atoms with Crippen LogP contribution in [0.15, 0.2) is 54.6 Å². The number of ether oxygens (including phenoxy) is 1. The zero-order valence-electron chi connectivity index (χ0n) is 10.8. The molecule has 0 unspecified atom stereocenters. The van der Waals surface area contributed by atoms with Crippen LogP contribution in [0.3, 0.4) is 0 Å². The Balaban J connectivity index is 1.91. The molecule has 2 rings (SSSR count).